The molecule has 5 heteroatoms. The second-order valence-corrected chi connectivity index (χ2v) is 8.50. The van der Waals surface area contributed by atoms with Crippen molar-refractivity contribution in [1.82, 2.24) is 15.0 Å². The van der Waals surface area contributed by atoms with Gasteiger partial charge < -0.3 is 4.42 Å². The third-order valence-corrected chi connectivity index (χ3v) is 6.41. The van der Waals surface area contributed by atoms with Gasteiger partial charge in [0.05, 0.1) is 28.4 Å². The zero-order chi connectivity index (χ0) is 23.4. The quantitative estimate of drug-likeness (QED) is 0.260. The maximum Gasteiger partial charge on any atom is 0.135 e. The lowest BCUT2D eigenvalue weighted by Crippen LogP contribution is -1.88. The Morgan fingerprint density at radius 3 is 2.26 bits per heavy atom. The molecule has 0 aliphatic heterocycles. The number of fused-ring (bicyclic) bond motifs is 6. The fourth-order valence-corrected chi connectivity index (χ4v) is 4.64. The van der Waals surface area contributed by atoms with Crippen molar-refractivity contribution in [1.29, 1.82) is 5.26 Å². The highest BCUT2D eigenvalue weighted by Crippen LogP contribution is 2.33. The summed E-state index contributed by atoms with van der Waals surface area (Å²) in [7, 11) is 0. The van der Waals surface area contributed by atoms with Crippen LogP contribution < -0.4 is 0 Å². The van der Waals surface area contributed by atoms with E-state index in [-0.39, 0.29) is 0 Å². The number of nitrogens with zero attached hydrogens (tertiary/aromatic N) is 4. The Morgan fingerprint density at radius 1 is 0.629 bits per heavy atom. The van der Waals surface area contributed by atoms with Crippen LogP contribution in [-0.2, 0) is 0 Å². The van der Waals surface area contributed by atoms with Gasteiger partial charge in [-0.05, 0) is 54.6 Å². The van der Waals surface area contributed by atoms with E-state index in [2.05, 4.69) is 41.4 Å². The average molecular weight is 448 g/mol. The van der Waals surface area contributed by atoms with Crippen molar-refractivity contribution >= 4 is 43.7 Å². The molecule has 0 bridgehead atoms. The third kappa shape index (κ3) is 3.12. The number of aromatic nitrogens is 3. The minimum Gasteiger partial charge on any atom is -0.456 e. The second-order valence-electron chi connectivity index (χ2n) is 8.50. The van der Waals surface area contributed by atoms with E-state index in [0.717, 1.165) is 66.1 Å². The first-order valence-corrected chi connectivity index (χ1v) is 11.2. The average Bonchev–Trinajstić information content (AvgIpc) is 3.30. The molecule has 5 nitrogen and oxygen atoms in total. The van der Waals surface area contributed by atoms with Crippen LogP contribution in [0.4, 0.5) is 0 Å². The van der Waals surface area contributed by atoms with E-state index >= 15 is 0 Å². The lowest BCUT2D eigenvalue weighted by Gasteiger charge is -2.07. The molecule has 162 valence electrons. The number of benzene rings is 3. The van der Waals surface area contributed by atoms with Crippen molar-refractivity contribution in [3.05, 3.63) is 103 Å². The number of nitriles is 1. The summed E-state index contributed by atoms with van der Waals surface area (Å²) in [5.41, 5.74) is 7.84. The van der Waals surface area contributed by atoms with Gasteiger partial charge in [0.2, 0.25) is 0 Å². The van der Waals surface area contributed by atoms with Gasteiger partial charge in [0.15, 0.2) is 0 Å². The van der Waals surface area contributed by atoms with Crippen molar-refractivity contribution in [2.75, 3.05) is 0 Å². The van der Waals surface area contributed by atoms with E-state index in [1.807, 2.05) is 54.9 Å². The Hall–Kier alpha value is -5.08. The summed E-state index contributed by atoms with van der Waals surface area (Å²) >= 11 is 0. The van der Waals surface area contributed by atoms with Gasteiger partial charge in [0.1, 0.15) is 11.2 Å². The largest absolute Gasteiger partial charge is 0.456 e. The van der Waals surface area contributed by atoms with Crippen molar-refractivity contribution in [3.63, 3.8) is 0 Å². The Kier molecular flexibility index (Phi) is 4.14. The molecule has 4 heterocycles. The fourth-order valence-electron chi connectivity index (χ4n) is 4.64. The molecule has 0 aliphatic carbocycles. The van der Waals surface area contributed by atoms with E-state index in [4.69, 9.17) is 14.4 Å². The van der Waals surface area contributed by atoms with Crippen LogP contribution in [0.25, 0.3) is 66.1 Å². The van der Waals surface area contributed by atoms with Crippen molar-refractivity contribution in [2.45, 2.75) is 0 Å². The molecule has 0 N–H and O–H groups in total. The molecular weight excluding hydrogens is 432 g/mol. The molecule has 0 atom stereocenters. The molecule has 7 rings (SSSR count). The van der Waals surface area contributed by atoms with Gasteiger partial charge in [-0.15, -0.1) is 0 Å². The highest BCUT2D eigenvalue weighted by molar-refractivity contribution is 6.07. The zero-order valence-electron chi connectivity index (χ0n) is 18.4. The van der Waals surface area contributed by atoms with E-state index in [1.54, 1.807) is 12.3 Å². The number of rotatable bonds is 2. The van der Waals surface area contributed by atoms with E-state index in [0.29, 0.717) is 5.56 Å². The van der Waals surface area contributed by atoms with Crippen molar-refractivity contribution < 1.29 is 4.42 Å². The van der Waals surface area contributed by atoms with Crippen LogP contribution in [0.3, 0.4) is 0 Å². The van der Waals surface area contributed by atoms with Crippen molar-refractivity contribution in [3.8, 4) is 28.5 Å². The van der Waals surface area contributed by atoms with E-state index in [1.165, 1.54) is 0 Å². The maximum atomic E-state index is 9.27. The Labute approximate surface area is 199 Å². The van der Waals surface area contributed by atoms with Crippen LogP contribution in [0, 0.1) is 11.3 Å². The van der Waals surface area contributed by atoms with Gasteiger partial charge in [-0.3, -0.25) is 15.0 Å². The summed E-state index contributed by atoms with van der Waals surface area (Å²) in [4.78, 5) is 14.0. The van der Waals surface area contributed by atoms with Crippen LogP contribution in [-0.4, -0.2) is 15.0 Å². The number of furan rings is 1. The van der Waals surface area contributed by atoms with Gasteiger partial charge in [0.25, 0.3) is 0 Å². The van der Waals surface area contributed by atoms with Crippen LogP contribution >= 0.6 is 0 Å². The minimum atomic E-state index is 0.612. The summed E-state index contributed by atoms with van der Waals surface area (Å²) in [6, 6.07) is 28.1. The monoisotopic (exact) mass is 448 g/mol. The molecule has 4 aromatic heterocycles. The molecule has 7 aromatic rings. The summed E-state index contributed by atoms with van der Waals surface area (Å²) in [5, 5.41) is 13.3. The normalized spacial score (nSPS) is 11.4. The molecule has 35 heavy (non-hydrogen) atoms. The Balaban J connectivity index is 1.27. The van der Waals surface area contributed by atoms with Crippen LogP contribution in [0.1, 0.15) is 5.56 Å². The number of pyridine rings is 3. The van der Waals surface area contributed by atoms with Gasteiger partial charge in [-0.2, -0.15) is 5.26 Å². The maximum absolute atomic E-state index is 9.27. The van der Waals surface area contributed by atoms with Crippen LogP contribution in [0.5, 0.6) is 0 Å². The number of hydrogen-bond acceptors (Lipinski definition) is 5. The Bertz CT molecular complexity index is 1960. The highest BCUT2D eigenvalue weighted by Gasteiger charge is 2.11. The molecular formula is C30H16N4O. The predicted molar refractivity (Wildman–Crippen MR) is 138 cm³/mol. The summed E-state index contributed by atoms with van der Waals surface area (Å²) in [6.45, 7) is 0. The second kappa shape index (κ2) is 7.47. The molecule has 0 amide bonds. The zero-order valence-corrected chi connectivity index (χ0v) is 18.4. The summed E-state index contributed by atoms with van der Waals surface area (Å²) < 4.78 is 5.94. The summed E-state index contributed by atoms with van der Waals surface area (Å²) in [6.07, 6.45) is 5.55. The van der Waals surface area contributed by atoms with E-state index in [9.17, 15) is 5.26 Å². The fraction of sp³-hybridized carbons (Fsp3) is 0. The Morgan fingerprint density at radius 2 is 1.40 bits per heavy atom. The standard InChI is InChI=1S/C30H16N4O/c31-15-18-3-9-27-24(12-18)25-14-20(7-10-28(25)35-27)26-8-6-22(16-33-26)23-13-21-5-4-19-2-1-11-32-29(19)30(21)34-17-23/h1-14,16-17H. The molecule has 0 unspecified atom stereocenters. The lowest BCUT2D eigenvalue weighted by atomic mass is 10.0. The number of hydrogen-bond donors (Lipinski definition) is 0. The van der Waals surface area contributed by atoms with E-state index < -0.39 is 0 Å². The third-order valence-electron chi connectivity index (χ3n) is 6.41. The van der Waals surface area contributed by atoms with Gasteiger partial charge in [-0.1, -0.05) is 24.3 Å². The first-order chi connectivity index (χ1) is 17.3. The lowest BCUT2D eigenvalue weighted by molar-refractivity contribution is 0.669. The molecule has 3 aromatic carbocycles. The van der Waals surface area contributed by atoms with Crippen LogP contribution in [0.15, 0.2) is 102 Å². The van der Waals surface area contributed by atoms with Gasteiger partial charge in [-0.25, -0.2) is 0 Å². The topological polar surface area (TPSA) is 75.6 Å². The molecule has 0 spiro atoms. The minimum absolute atomic E-state index is 0.612. The predicted octanol–water partition coefficient (Wildman–Crippen LogP) is 7.28. The molecule has 0 saturated heterocycles. The van der Waals surface area contributed by atoms with Crippen molar-refractivity contribution in [2.24, 2.45) is 0 Å². The van der Waals surface area contributed by atoms with Gasteiger partial charge >= 0.3 is 0 Å². The SMILES string of the molecule is N#Cc1ccc2oc3ccc(-c4ccc(-c5cnc6c(ccc7cccnc76)c5)cn4)cc3c2c1. The first-order valence-electron chi connectivity index (χ1n) is 11.2. The van der Waals surface area contributed by atoms with Crippen LogP contribution in [0.2, 0.25) is 0 Å². The van der Waals surface area contributed by atoms with Gasteiger partial charge in [0, 0.05) is 56.8 Å². The molecule has 0 saturated carbocycles. The highest BCUT2D eigenvalue weighted by atomic mass is 16.3. The molecule has 0 fully saturated rings. The summed E-state index contributed by atoms with van der Waals surface area (Å²) in [5.74, 6) is 0. The molecule has 0 radical (unpaired) electrons. The first kappa shape index (κ1) is 19.4. The molecule has 0 aliphatic rings. The smallest absolute Gasteiger partial charge is 0.135 e.